The average molecular weight is 391 g/mol. The number of nitrogens with one attached hydrogen (secondary N) is 1. The minimum absolute atomic E-state index is 0.372. The van der Waals surface area contributed by atoms with Gasteiger partial charge in [0.15, 0.2) is 0 Å². The summed E-state index contributed by atoms with van der Waals surface area (Å²) in [6.45, 7) is 7.38. The van der Waals surface area contributed by atoms with Crippen molar-refractivity contribution in [3.8, 4) is 5.75 Å². The molecule has 6 nitrogen and oxygen atoms in total. The first-order chi connectivity index (χ1) is 12.5. The summed E-state index contributed by atoms with van der Waals surface area (Å²) in [5, 5.41) is 2.88. The molecule has 2 aromatic carbocycles. The van der Waals surface area contributed by atoms with Gasteiger partial charge in [-0.05, 0) is 51.0 Å². The van der Waals surface area contributed by atoms with E-state index < -0.39 is 22.0 Å². The molecule has 146 valence electrons. The second-order valence-corrected chi connectivity index (χ2v) is 8.56. The Morgan fingerprint density at radius 1 is 1.11 bits per heavy atom. The van der Waals surface area contributed by atoms with Crippen molar-refractivity contribution in [2.75, 3.05) is 23.0 Å². The van der Waals surface area contributed by atoms with Gasteiger partial charge < -0.3 is 10.1 Å². The first-order valence-electron chi connectivity index (χ1n) is 8.56. The van der Waals surface area contributed by atoms with E-state index >= 15 is 0 Å². The summed E-state index contributed by atoms with van der Waals surface area (Å²) in [5.41, 5.74) is 4.04. The number of carbonyl (C=O) groups excluding carboxylic acids is 1. The van der Waals surface area contributed by atoms with Crippen LogP contribution >= 0.6 is 0 Å². The summed E-state index contributed by atoms with van der Waals surface area (Å²) in [4.78, 5) is 12.9. The van der Waals surface area contributed by atoms with Gasteiger partial charge in [0.1, 0.15) is 11.8 Å². The average Bonchev–Trinajstić information content (AvgIpc) is 2.56. The fraction of sp³-hybridized carbons (Fsp3) is 0.350. The lowest BCUT2D eigenvalue weighted by atomic mass is 10.0. The predicted molar refractivity (Wildman–Crippen MR) is 109 cm³/mol. The topological polar surface area (TPSA) is 75.7 Å². The van der Waals surface area contributed by atoms with Crippen LogP contribution in [0.1, 0.15) is 23.6 Å². The number of sulfonamides is 1. The molecular weight excluding hydrogens is 364 g/mol. The predicted octanol–water partition coefficient (Wildman–Crippen LogP) is 3.41. The van der Waals surface area contributed by atoms with Crippen molar-refractivity contribution in [3.63, 3.8) is 0 Å². The quantitative estimate of drug-likeness (QED) is 0.820. The molecule has 0 saturated heterocycles. The first-order valence-corrected chi connectivity index (χ1v) is 10.4. The molecule has 0 aromatic heterocycles. The van der Waals surface area contributed by atoms with Gasteiger partial charge in [0.25, 0.3) is 0 Å². The number of hydrogen-bond donors (Lipinski definition) is 1. The summed E-state index contributed by atoms with van der Waals surface area (Å²) >= 11 is 0. The third kappa shape index (κ3) is 4.80. The van der Waals surface area contributed by atoms with Crippen LogP contribution in [0.5, 0.6) is 5.75 Å². The van der Waals surface area contributed by atoms with E-state index in [1.165, 1.54) is 7.11 Å². The minimum atomic E-state index is -3.69. The fourth-order valence-electron chi connectivity index (χ4n) is 3.16. The molecule has 0 fully saturated rings. The van der Waals surface area contributed by atoms with E-state index in [0.29, 0.717) is 17.1 Å². The largest absolute Gasteiger partial charge is 0.497 e. The van der Waals surface area contributed by atoms with Gasteiger partial charge in [-0.1, -0.05) is 23.8 Å². The zero-order valence-corrected chi connectivity index (χ0v) is 17.3. The monoisotopic (exact) mass is 390 g/mol. The Morgan fingerprint density at radius 2 is 1.70 bits per heavy atom. The van der Waals surface area contributed by atoms with Crippen LogP contribution in [-0.4, -0.2) is 33.7 Å². The molecule has 1 atom stereocenters. The standard InChI is InChI=1S/C20H26N2O4S/c1-13-10-14(2)19(15(3)11-13)21-20(23)16(4)22(27(6,24)25)17-8-7-9-18(12-17)26-5/h7-12,16H,1-6H3,(H,21,23). The van der Waals surface area contributed by atoms with Gasteiger partial charge in [-0.15, -0.1) is 0 Å². The Bertz CT molecular complexity index is 931. The van der Waals surface area contributed by atoms with Crippen molar-refractivity contribution in [3.05, 3.63) is 53.1 Å². The molecule has 0 saturated carbocycles. The van der Waals surface area contributed by atoms with E-state index in [1.54, 1.807) is 31.2 Å². The molecule has 0 radical (unpaired) electrons. The number of anilines is 2. The number of methoxy groups -OCH3 is 1. The van der Waals surface area contributed by atoms with Crippen molar-refractivity contribution < 1.29 is 17.9 Å². The molecule has 27 heavy (non-hydrogen) atoms. The van der Waals surface area contributed by atoms with Gasteiger partial charge in [-0.2, -0.15) is 0 Å². The number of ether oxygens (including phenoxy) is 1. The Kier molecular flexibility index (Phi) is 6.15. The highest BCUT2D eigenvalue weighted by molar-refractivity contribution is 7.92. The molecule has 1 amide bonds. The van der Waals surface area contributed by atoms with Gasteiger partial charge in [0.05, 0.1) is 19.1 Å². The van der Waals surface area contributed by atoms with Gasteiger partial charge in [0, 0.05) is 11.8 Å². The minimum Gasteiger partial charge on any atom is -0.497 e. The third-order valence-corrected chi connectivity index (χ3v) is 5.56. The van der Waals surface area contributed by atoms with Crippen LogP contribution in [-0.2, 0) is 14.8 Å². The molecule has 0 bridgehead atoms. The zero-order valence-electron chi connectivity index (χ0n) is 16.5. The smallest absolute Gasteiger partial charge is 0.248 e. The van der Waals surface area contributed by atoms with Crippen LogP contribution in [0, 0.1) is 20.8 Å². The highest BCUT2D eigenvalue weighted by atomic mass is 32.2. The van der Waals surface area contributed by atoms with E-state index in [-0.39, 0.29) is 0 Å². The Hall–Kier alpha value is -2.54. The summed E-state index contributed by atoms with van der Waals surface area (Å²) in [6.07, 6.45) is 1.08. The van der Waals surface area contributed by atoms with E-state index in [0.717, 1.165) is 27.3 Å². The Labute approximate surface area is 161 Å². The summed E-state index contributed by atoms with van der Waals surface area (Å²) < 4.78 is 31.1. The summed E-state index contributed by atoms with van der Waals surface area (Å²) in [7, 11) is -2.19. The van der Waals surface area contributed by atoms with Crippen molar-refractivity contribution in [2.24, 2.45) is 0 Å². The molecule has 2 aromatic rings. The second-order valence-electron chi connectivity index (χ2n) is 6.70. The van der Waals surface area contributed by atoms with Crippen LogP contribution in [0.15, 0.2) is 36.4 Å². The highest BCUT2D eigenvalue weighted by Gasteiger charge is 2.29. The third-order valence-electron chi connectivity index (χ3n) is 4.32. The van der Waals surface area contributed by atoms with Crippen LogP contribution in [0.3, 0.4) is 0 Å². The van der Waals surface area contributed by atoms with Crippen LogP contribution in [0.2, 0.25) is 0 Å². The lowest BCUT2D eigenvalue weighted by Gasteiger charge is -2.29. The second kappa shape index (κ2) is 8.00. The van der Waals surface area contributed by atoms with E-state index in [9.17, 15) is 13.2 Å². The molecule has 0 aliphatic carbocycles. The molecule has 1 N–H and O–H groups in total. The number of aryl methyl sites for hydroxylation is 3. The van der Waals surface area contributed by atoms with Gasteiger partial charge in [-0.3, -0.25) is 9.10 Å². The maximum absolute atomic E-state index is 12.9. The van der Waals surface area contributed by atoms with Crippen LogP contribution in [0.4, 0.5) is 11.4 Å². The summed E-state index contributed by atoms with van der Waals surface area (Å²) in [5.74, 6) is 0.109. The number of amides is 1. The molecular formula is C20H26N2O4S. The number of nitrogens with zero attached hydrogens (tertiary/aromatic N) is 1. The SMILES string of the molecule is COc1cccc(N(C(C)C(=O)Nc2c(C)cc(C)cc2C)S(C)(=O)=O)c1. The molecule has 0 aliphatic heterocycles. The normalized spacial score (nSPS) is 12.4. The van der Waals surface area contributed by atoms with Gasteiger partial charge >= 0.3 is 0 Å². The maximum atomic E-state index is 12.9. The lowest BCUT2D eigenvalue weighted by molar-refractivity contribution is -0.116. The van der Waals surface area contributed by atoms with E-state index in [2.05, 4.69) is 5.32 Å². The van der Waals surface area contributed by atoms with Crippen LogP contribution < -0.4 is 14.4 Å². The Morgan fingerprint density at radius 3 is 2.22 bits per heavy atom. The van der Waals surface area contributed by atoms with Crippen molar-refractivity contribution in [1.29, 1.82) is 0 Å². The molecule has 1 unspecified atom stereocenters. The zero-order chi connectivity index (χ0) is 20.4. The molecule has 7 heteroatoms. The number of rotatable bonds is 6. The van der Waals surface area contributed by atoms with E-state index in [1.807, 2.05) is 32.9 Å². The van der Waals surface area contributed by atoms with Crippen LogP contribution in [0.25, 0.3) is 0 Å². The number of carbonyl (C=O) groups is 1. The lowest BCUT2D eigenvalue weighted by Crippen LogP contribution is -2.45. The van der Waals surface area contributed by atoms with Crippen molar-refractivity contribution >= 4 is 27.3 Å². The Balaban J connectivity index is 2.38. The number of benzene rings is 2. The highest BCUT2D eigenvalue weighted by Crippen LogP contribution is 2.27. The van der Waals surface area contributed by atoms with E-state index in [4.69, 9.17) is 4.74 Å². The number of hydrogen-bond acceptors (Lipinski definition) is 4. The molecule has 0 aliphatic rings. The van der Waals surface area contributed by atoms with Crippen molar-refractivity contribution in [1.82, 2.24) is 0 Å². The molecule has 0 heterocycles. The van der Waals surface area contributed by atoms with Gasteiger partial charge in [0.2, 0.25) is 15.9 Å². The van der Waals surface area contributed by atoms with Crippen molar-refractivity contribution in [2.45, 2.75) is 33.7 Å². The first kappa shape index (κ1) is 20.8. The fourth-order valence-corrected chi connectivity index (χ4v) is 4.33. The molecule has 2 rings (SSSR count). The van der Waals surface area contributed by atoms with Gasteiger partial charge in [-0.25, -0.2) is 8.42 Å². The molecule has 0 spiro atoms. The maximum Gasteiger partial charge on any atom is 0.248 e. The summed E-state index contributed by atoms with van der Waals surface area (Å²) in [6, 6.07) is 9.64.